The van der Waals surface area contributed by atoms with Gasteiger partial charge in [0, 0.05) is 29.8 Å². The molecule has 4 aromatic rings. The molecular weight excluding hydrogens is 414 g/mol. The zero-order chi connectivity index (χ0) is 21.5. The standard InChI is InChI=1S/C29H24ClNO/c30-26-20-23(13-14-27(26)31-18-6-7-19-31)29(22-9-2-1-3-10-22)17-16-25-24-11-5-4-8-21(24)12-15-28(25)32-29/h1-5,8-17,20H,6-7,18-19H2. The largest absolute Gasteiger partial charge is 0.473 e. The van der Waals surface area contributed by atoms with Crippen molar-refractivity contribution in [1.82, 2.24) is 0 Å². The quantitative estimate of drug-likeness (QED) is 0.330. The van der Waals surface area contributed by atoms with Gasteiger partial charge in [0.15, 0.2) is 5.60 Å². The van der Waals surface area contributed by atoms with Gasteiger partial charge in [-0.3, -0.25) is 0 Å². The van der Waals surface area contributed by atoms with Gasteiger partial charge in [0.05, 0.1) is 10.7 Å². The highest BCUT2D eigenvalue weighted by atomic mass is 35.5. The van der Waals surface area contributed by atoms with Crippen LogP contribution in [-0.2, 0) is 5.60 Å². The fourth-order valence-corrected chi connectivity index (χ4v) is 5.36. The Morgan fingerprint density at radius 1 is 0.781 bits per heavy atom. The van der Waals surface area contributed by atoms with Crippen molar-refractivity contribution in [2.75, 3.05) is 18.0 Å². The van der Waals surface area contributed by atoms with Gasteiger partial charge < -0.3 is 9.64 Å². The predicted molar refractivity (Wildman–Crippen MR) is 134 cm³/mol. The molecule has 0 radical (unpaired) electrons. The first-order valence-electron chi connectivity index (χ1n) is 11.3. The Kier molecular flexibility index (Phi) is 4.69. The molecule has 3 heteroatoms. The average Bonchev–Trinajstić information content (AvgIpc) is 3.39. The highest BCUT2D eigenvalue weighted by Gasteiger charge is 2.38. The maximum Gasteiger partial charge on any atom is 0.178 e. The molecule has 2 aliphatic rings. The van der Waals surface area contributed by atoms with E-state index in [0.29, 0.717) is 0 Å². The summed E-state index contributed by atoms with van der Waals surface area (Å²) < 4.78 is 6.86. The van der Waals surface area contributed by atoms with E-state index in [-0.39, 0.29) is 0 Å². The lowest BCUT2D eigenvalue weighted by molar-refractivity contribution is 0.161. The third-order valence-corrected chi connectivity index (χ3v) is 7.02. The van der Waals surface area contributed by atoms with Crippen LogP contribution in [0.5, 0.6) is 5.75 Å². The Hall–Kier alpha value is -3.23. The molecule has 1 saturated heterocycles. The number of ether oxygens (including phenoxy) is 1. The van der Waals surface area contributed by atoms with Crippen LogP contribution in [0.1, 0.15) is 29.5 Å². The van der Waals surface area contributed by atoms with E-state index in [1.165, 1.54) is 23.6 Å². The van der Waals surface area contributed by atoms with Crippen molar-refractivity contribution in [3.63, 3.8) is 0 Å². The molecule has 0 amide bonds. The Bertz CT molecular complexity index is 1320. The number of hydrogen-bond donors (Lipinski definition) is 0. The van der Waals surface area contributed by atoms with Crippen LogP contribution >= 0.6 is 11.6 Å². The van der Waals surface area contributed by atoms with Gasteiger partial charge >= 0.3 is 0 Å². The number of rotatable bonds is 3. The van der Waals surface area contributed by atoms with Crippen molar-refractivity contribution >= 4 is 34.1 Å². The Labute approximate surface area is 193 Å². The van der Waals surface area contributed by atoms with Gasteiger partial charge in [0.1, 0.15) is 5.75 Å². The van der Waals surface area contributed by atoms with Crippen molar-refractivity contribution in [3.8, 4) is 5.75 Å². The van der Waals surface area contributed by atoms with E-state index < -0.39 is 5.60 Å². The number of anilines is 1. The summed E-state index contributed by atoms with van der Waals surface area (Å²) in [6.07, 6.45) is 6.83. The first-order chi connectivity index (χ1) is 15.7. The van der Waals surface area contributed by atoms with Gasteiger partial charge in [-0.2, -0.15) is 0 Å². The molecule has 158 valence electrons. The van der Waals surface area contributed by atoms with E-state index >= 15 is 0 Å². The van der Waals surface area contributed by atoms with Crippen molar-refractivity contribution in [2.45, 2.75) is 18.4 Å². The summed E-state index contributed by atoms with van der Waals surface area (Å²) in [6.45, 7) is 2.14. The van der Waals surface area contributed by atoms with E-state index in [9.17, 15) is 0 Å². The van der Waals surface area contributed by atoms with Crippen LogP contribution < -0.4 is 9.64 Å². The minimum absolute atomic E-state index is 0.732. The Morgan fingerprint density at radius 2 is 1.56 bits per heavy atom. The van der Waals surface area contributed by atoms with E-state index in [0.717, 1.165) is 46.2 Å². The van der Waals surface area contributed by atoms with Crippen LogP contribution in [0.3, 0.4) is 0 Å². The summed E-state index contributed by atoms with van der Waals surface area (Å²) in [5.41, 5.74) is 3.62. The van der Waals surface area contributed by atoms with Crippen LogP contribution in [0.4, 0.5) is 5.69 Å². The van der Waals surface area contributed by atoms with Crippen LogP contribution in [0.25, 0.3) is 16.8 Å². The van der Waals surface area contributed by atoms with Gasteiger partial charge in [-0.15, -0.1) is 0 Å². The SMILES string of the molecule is Clc1cc(C2(c3ccccc3)C=Cc3c(ccc4ccccc34)O2)ccc1N1CCCC1. The zero-order valence-electron chi connectivity index (χ0n) is 17.8. The molecule has 1 atom stereocenters. The number of fused-ring (bicyclic) bond motifs is 3. The molecule has 0 aliphatic carbocycles. The van der Waals surface area contributed by atoms with Gasteiger partial charge in [0.2, 0.25) is 0 Å². The highest BCUT2D eigenvalue weighted by molar-refractivity contribution is 6.33. The lowest BCUT2D eigenvalue weighted by Gasteiger charge is -2.37. The van der Waals surface area contributed by atoms with Crippen molar-refractivity contribution in [2.24, 2.45) is 0 Å². The molecule has 2 aliphatic heterocycles. The second-order valence-corrected chi connectivity index (χ2v) is 9.00. The molecule has 0 spiro atoms. The number of nitrogens with zero attached hydrogens (tertiary/aromatic N) is 1. The van der Waals surface area contributed by atoms with E-state index in [1.807, 2.05) is 6.07 Å². The lowest BCUT2D eigenvalue weighted by Crippen LogP contribution is -2.34. The summed E-state index contributed by atoms with van der Waals surface area (Å²) in [5.74, 6) is 0.884. The van der Waals surface area contributed by atoms with Crippen molar-refractivity contribution in [1.29, 1.82) is 0 Å². The number of hydrogen-bond acceptors (Lipinski definition) is 2. The monoisotopic (exact) mass is 437 g/mol. The molecule has 2 heterocycles. The van der Waals surface area contributed by atoms with E-state index in [2.05, 4.69) is 95.9 Å². The molecule has 0 saturated carbocycles. The third-order valence-electron chi connectivity index (χ3n) is 6.71. The minimum Gasteiger partial charge on any atom is -0.473 e. The van der Waals surface area contributed by atoms with Crippen LogP contribution in [0.2, 0.25) is 5.02 Å². The van der Waals surface area contributed by atoms with Gasteiger partial charge in [0.25, 0.3) is 0 Å². The number of benzene rings is 4. The van der Waals surface area contributed by atoms with Gasteiger partial charge in [-0.25, -0.2) is 0 Å². The zero-order valence-corrected chi connectivity index (χ0v) is 18.6. The molecule has 6 rings (SSSR count). The second kappa shape index (κ2) is 7.72. The molecule has 1 unspecified atom stereocenters. The minimum atomic E-state index is -0.732. The van der Waals surface area contributed by atoms with Crippen molar-refractivity contribution < 1.29 is 4.74 Å². The molecule has 0 N–H and O–H groups in total. The van der Waals surface area contributed by atoms with E-state index in [4.69, 9.17) is 16.3 Å². The van der Waals surface area contributed by atoms with Gasteiger partial charge in [-0.05, 0) is 54.0 Å². The molecule has 32 heavy (non-hydrogen) atoms. The summed E-state index contributed by atoms with van der Waals surface area (Å²) in [6, 6.07) is 29.5. The Balaban J connectivity index is 1.51. The maximum atomic E-state index is 6.86. The molecule has 0 bridgehead atoms. The highest BCUT2D eigenvalue weighted by Crippen LogP contribution is 2.45. The predicted octanol–water partition coefficient (Wildman–Crippen LogP) is 7.44. The maximum absolute atomic E-state index is 6.86. The summed E-state index contributed by atoms with van der Waals surface area (Å²) in [7, 11) is 0. The van der Waals surface area contributed by atoms with E-state index in [1.54, 1.807) is 0 Å². The van der Waals surface area contributed by atoms with Gasteiger partial charge in [-0.1, -0.05) is 78.3 Å². The number of halogens is 1. The first-order valence-corrected chi connectivity index (χ1v) is 11.6. The molecule has 2 nitrogen and oxygen atoms in total. The third kappa shape index (κ3) is 3.10. The average molecular weight is 438 g/mol. The summed E-state index contributed by atoms with van der Waals surface area (Å²) in [4.78, 5) is 2.38. The topological polar surface area (TPSA) is 12.5 Å². The van der Waals surface area contributed by atoms with Crippen molar-refractivity contribution in [3.05, 3.63) is 113 Å². The Morgan fingerprint density at radius 3 is 2.38 bits per heavy atom. The second-order valence-electron chi connectivity index (χ2n) is 8.60. The smallest absolute Gasteiger partial charge is 0.178 e. The summed E-state index contributed by atoms with van der Waals surface area (Å²) in [5, 5.41) is 3.19. The first kappa shape index (κ1) is 19.5. The van der Waals surface area contributed by atoms with Crippen LogP contribution in [0, 0.1) is 0 Å². The molecule has 1 fully saturated rings. The molecule has 4 aromatic carbocycles. The molecule has 0 aromatic heterocycles. The normalized spacial score (nSPS) is 19.7. The fourth-order valence-electron chi connectivity index (χ4n) is 5.06. The molecular formula is C29H24ClNO. The summed E-state index contributed by atoms with van der Waals surface area (Å²) >= 11 is 6.84. The van der Waals surface area contributed by atoms with Crippen LogP contribution in [-0.4, -0.2) is 13.1 Å². The fraction of sp³-hybridized carbons (Fsp3) is 0.172. The lowest BCUT2D eigenvalue weighted by atomic mass is 9.83. The van der Waals surface area contributed by atoms with Crippen LogP contribution in [0.15, 0.2) is 91.0 Å².